The van der Waals surface area contributed by atoms with E-state index in [4.69, 9.17) is 10.5 Å². The van der Waals surface area contributed by atoms with Crippen LogP contribution >= 0.6 is 0 Å². The molecule has 0 aromatic rings. The zero-order valence-corrected chi connectivity index (χ0v) is 10.1. The number of likely N-dealkylation sites (tertiary alicyclic amines) is 1. The molecule has 0 bridgehead atoms. The Morgan fingerprint density at radius 2 is 2.27 bits per heavy atom. The van der Waals surface area contributed by atoms with Crippen molar-refractivity contribution in [2.45, 2.75) is 32.6 Å². The van der Waals surface area contributed by atoms with Crippen LogP contribution in [-0.2, 0) is 4.74 Å². The highest BCUT2D eigenvalue weighted by molar-refractivity contribution is 4.75. The zero-order valence-electron chi connectivity index (χ0n) is 10.1. The van der Waals surface area contributed by atoms with Crippen LogP contribution in [0.15, 0.2) is 0 Å². The fourth-order valence-corrected chi connectivity index (χ4v) is 2.13. The van der Waals surface area contributed by atoms with E-state index in [0.717, 1.165) is 32.2 Å². The van der Waals surface area contributed by atoms with Crippen molar-refractivity contribution in [1.29, 1.82) is 0 Å². The molecule has 1 unspecified atom stereocenters. The molecule has 3 nitrogen and oxygen atoms in total. The van der Waals surface area contributed by atoms with Gasteiger partial charge in [0.15, 0.2) is 0 Å². The third-order valence-electron chi connectivity index (χ3n) is 3.14. The van der Waals surface area contributed by atoms with Crippen molar-refractivity contribution >= 4 is 0 Å². The first-order valence-electron chi connectivity index (χ1n) is 6.37. The Hall–Kier alpha value is -0.120. The van der Waals surface area contributed by atoms with Crippen molar-refractivity contribution < 1.29 is 4.74 Å². The SMILES string of the molecule is CCCCOCCN1CCC(CCN)C1. The lowest BCUT2D eigenvalue weighted by Gasteiger charge is -2.15. The fraction of sp³-hybridized carbons (Fsp3) is 1.00. The number of hydrogen-bond acceptors (Lipinski definition) is 3. The number of hydrogen-bond donors (Lipinski definition) is 1. The molecule has 0 saturated carbocycles. The topological polar surface area (TPSA) is 38.5 Å². The van der Waals surface area contributed by atoms with Gasteiger partial charge >= 0.3 is 0 Å². The summed E-state index contributed by atoms with van der Waals surface area (Å²) in [7, 11) is 0. The first-order chi connectivity index (χ1) is 7.36. The molecule has 2 N–H and O–H groups in total. The Morgan fingerprint density at radius 3 is 3.00 bits per heavy atom. The van der Waals surface area contributed by atoms with Crippen molar-refractivity contribution in [3.8, 4) is 0 Å². The molecule has 1 rings (SSSR count). The molecule has 1 aliphatic heterocycles. The van der Waals surface area contributed by atoms with Gasteiger partial charge in [-0.05, 0) is 38.3 Å². The van der Waals surface area contributed by atoms with Gasteiger partial charge in [-0.2, -0.15) is 0 Å². The number of rotatable bonds is 8. The van der Waals surface area contributed by atoms with E-state index in [1.54, 1.807) is 0 Å². The molecule has 0 spiro atoms. The van der Waals surface area contributed by atoms with E-state index in [9.17, 15) is 0 Å². The highest BCUT2D eigenvalue weighted by Crippen LogP contribution is 2.18. The van der Waals surface area contributed by atoms with Crippen LogP contribution < -0.4 is 5.73 Å². The molecule has 1 heterocycles. The third kappa shape index (κ3) is 5.50. The second-order valence-corrected chi connectivity index (χ2v) is 4.50. The molecular formula is C12H26N2O. The molecular weight excluding hydrogens is 188 g/mol. The summed E-state index contributed by atoms with van der Waals surface area (Å²) in [5, 5.41) is 0. The fourth-order valence-electron chi connectivity index (χ4n) is 2.13. The molecule has 0 aromatic heterocycles. The highest BCUT2D eigenvalue weighted by atomic mass is 16.5. The normalized spacial score (nSPS) is 22.4. The van der Waals surface area contributed by atoms with Crippen molar-refractivity contribution in [3.63, 3.8) is 0 Å². The highest BCUT2D eigenvalue weighted by Gasteiger charge is 2.20. The van der Waals surface area contributed by atoms with Gasteiger partial charge in [-0.3, -0.25) is 0 Å². The molecule has 3 heteroatoms. The lowest BCUT2D eigenvalue weighted by molar-refractivity contribution is 0.108. The summed E-state index contributed by atoms with van der Waals surface area (Å²) in [6, 6.07) is 0. The van der Waals surface area contributed by atoms with Crippen molar-refractivity contribution in [1.82, 2.24) is 4.90 Å². The molecule has 1 fully saturated rings. The van der Waals surface area contributed by atoms with Crippen LogP contribution in [0.4, 0.5) is 0 Å². The number of nitrogens with zero attached hydrogens (tertiary/aromatic N) is 1. The Bertz CT molecular complexity index is 153. The van der Waals surface area contributed by atoms with Crippen molar-refractivity contribution in [2.75, 3.05) is 39.4 Å². The smallest absolute Gasteiger partial charge is 0.0593 e. The van der Waals surface area contributed by atoms with Gasteiger partial charge in [0.05, 0.1) is 6.61 Å². The van der Waals surface area contributed by atoms with Crippen molar-refractivity contribution in [3.05, 3.63) is 0 Å². The molecule has 0 radical (unpaired) electrons. The average molecular weight is 214 g/mol. The van der Waals surface area contributed by atoms with Gasteiger partial charge < -0.3 is 15.4 Å². The summed E-state index contributed by atoms with van der Waals surface area (Å²) < 4.78 is 5.56. The maximum absolute atomic E-state index is 5.57. The maximum Gasteiger partial charge on any atom is 0.0593 e. The van der Waals surface area contributed by atoms with Crippen LogP contribution in [-0.4, -0.2) is 44.3 Å². The monoisotopic (exact) mass is 214 g/mol. The van der Waals surface area contributed by atoms with Gasteiger partial charge in [0.1, 0.15) is 0 Å². The van der Waals surface area contributed by atoms with Crippen molar-refractivity contribution in [2.24, 2.45) is 11.7 Å². The van der Waals surface area contributed by atoms with E-state index in [-0.39, 0.29) is 0 Å². The minimum atomic E-state index is 0.839. The summed E-state index contributed by atoms with van der Waals surface area (Å²) >= 11 is 0. The number of unbranched alkanes of at least 4 members (excludes halogenated alkanes) is 1. The predicted molar refractivity (Wildman–Crippen MR) is 63.9 cm³/mol. The Balaban J connectivity index is 1.94. The van der Waals surface area contributed by atoms with Gasteiger partial charge in [0, 0.05) is 19.7 Å². The molecule has 0 amide bonds. The van der Waals surface area contributed by atoms with Crippen LogP contribution in [0.5, 0.6) is 0 Å². The molecule has 0 aromatic carbocycles. The first kappa shape index (κ1) is 12.9. The quantitative estimate of drug-likeness (QED) is 0.622. The van der Waals surface area contributed by atoms with Crippen LogP contribution in [0.25, 0.3) is 0 Å². The zero-order chi connectivity index (χ0) is 10.9. The second kappa shape index (κ2) is 8.08. The number of ether oxygens (including phenoxy) is 1. The summed E-state index contributed by atoms with van der Waals surface area (Å²) in [6.45, 7) is 8.43. The molecule has 1 atom stereocenters. The largest absolute Gasteiger partial charge is 0.380 e. The summed E-state index contributed by atoms with van der Waals surface area (Å²) in [5.41, 5.74) is 5.57. The molecule has 15 heavy (non-hydrogen) atoms. The van der Waals surface area contributed by atoms with Crippen LogP contribution in [0, 0.1) is 5.92 Å². The lowest BCUT2D eigenvalue weighted by Crippen LogP contribution is -2.25. The van der Waals surface area contributed by atoms with E-state index in [1.807, 2.05) is 0 Å². The number of nitrogens with two attached hydrogens (primary N) is 1. The minimum absolute atomic E-state index is 0.839. The van der Waals surface area contributed by atoms with Gasteiger partial charge in [-0.25, -0.2) is 0 Å². The molecule has 1 aliphatic rings. The third-order valence-corrected chi connectivity index (χ3v) is 3.14. The molecule has 1 saturated heterocycles. The van der Waals surface area contributed by atoms with Gasteiger partial charge in [-0.1, -0.05) is 13.3 Å². The Kier molecular flexibility index (Phi) is 6.98. The minimum Gasteiger partial charge on any atom is -0.380 e. The molecule has 0 aliphatic carbocycles. The summed E-state index contributed by atoms with van der Waals surface area (Å²) in [4.78, 5) is 2.51. The van der Waals surface area contributed by atoms with E-state index in [1.165, 1.54) is 38.8 Å². The first-order valence-corrected chi connectivity index (χ1v) is 6.37. The summed E-state index contributed by atoms with van der Waals surface area (Å²) in [5.74, 6) is 0.839. The average Bonchev–Trinajstić information content (AvgIpc) is 2.66. The van der Waals surface area contributed by atoms with Crippen LogP contribution in [0.1, 0.15) is 32.6 Å². The maximum atomic E-state index is 5.57. The Morgan fingerprint density at radius 1 is 1.40 bits per heavy atom. The van der Waals surface area contributed by atoms with Gasteiger partial charge in [-0.15, -0.1) is 0 Å². The second-order valence-electron chi connectivity index (χ2n) is 4.50. The molecule has 90 valence electrons. The van der Waals surface area contributed by atoms with E-state index < -0.39 is 0 Å². The van der Waals surface area contributed by atoms with E-state index >= 15 is 0 Å². The van der Waals surface area contributed by atoms with Gasteiger partial charge in [0.2, 0.25) is 0 Å². The standard InChI is InChI=1S/C12H26N2O/c1-2-3-9-15-10-8-14-7-5-12(11-14)4-6-13/h12H,2-11,13H2,1H3. The van der Waals surface area contributed by atoms with E-state index in [2.05, 4.69) is 11.8 Å². The van der Waals surface area contributed by atoms with Crippen LogP contribution in [0.3, 0.4) is 0 Å². The predicted octanol–water partition coefficient (Wildman–Crippen LogP) is 1.47. The Labute approximate surface area is 94.0 Å². The van der Waals surface area contributed by atoms with E-state index in [0.29, 0.717) is 0 Å². The lowest BCUT2D eigenvalue weighted by atomic mass is 10.1. The van der Waals surface area contributed by atoms with Gasteiger partial charge in [0.25, 0.3) is 0 Å². The summed E-state index contributed by atoms with van der Waals surface area (Å²) in [6.07, 6.45) is 4.93. The van der Waals surface area contributed by atoms with Crippen LogP contribution in [0.2, 0.25) is 0 Å².